The molecule has 14 heavy (non-hydrogen) atoms. The van der Waals surface area contributed by atoms with Gasteiger partial charge in [-0.25, -0.2) is 4.39 Å². The lowest BCUT2D eigenvalue weighted by Crippen LogP contribution is -2.14. The number of primary amides is 1. The molecule has 0 aliphatic heterocycles. The van der Waals surface area contributed by atoms with Crippen LogP contribution in [0, 0.1) is 5.82 Å². The van der Waals surface area contributed by atoms with Gasteiger partial charge in [0.25, 0.3) is 5.91 Å². The van der Waals surface area contributed by atoms with E-state index >= 15 is 0 Å². The van der Waals surface area contributed by atoms with Crippen LogP contribution in [0.4, 0.5) is 4.39 Å². The summed E-state index contributed by atoms with van der Waals surface area (Å²) < 4.78 is 17.8. The summed E-state index contributed by atoms with van der Waals surface area (Å²) in [5.74, 6) is -1.66. The van der Waals surface area contributed by atoms with Crippen molar-refractivity contribution < 1.29 is 18.7 Å². The molecule has 0 aliphatic rings. The normalized spacial score (nSPS) is 9.57. The smallest absolute Gasteiger partial charge is 0.251 e. The van der Waals surface area contributed by atoms with Gasteiger partial charge < -0.3 is 10.5 Å². The molecule has 0 saturated heterocycles. The average molecular weight is 197 g/mol. The maximum atomic E-state index is 13.1. The van der Waals surface area contributed by atoms with Crippen molar-refractivity contribution in [1.29, 1.82) is 0 Å². The fraction of sp³-hybridized carbons (Fsp3) is 0.111. The highest BCUT2D eigenvalue weighted by Crippen LogP contribution is 2.20. The highest BCUT2D eigenvalue weighted by Gasteiger charge is 2.13. The van der Waals surface area contributed by atoms with E-state index in [0.717, 1.165) is 12.1 Å². The molecule has 1 rings (SSSR count). The molecule has 1 aromatic carbocycles. The Bertz CT molecular complexity index is 390. The molecule has 0 aromatic heterocycles. The molecular formula is C9H8FNO3. The number of hydrogen-bond donors (Lipinski definition) is 1. The minimum atomic E-state index is -0.923. The molecule has 74 valence electrons. The summed E-state index contributed by atoms with van der Waals surface area (Å²) >= 11 is 0. The largest absolute Gasteiger partial charge is 0.496 e. The van der Waals surface area contributed by atoms with E-state index in [0.29, 0.717) is 6.29 Å². The van der Waals surface area contributed by atoms with Gasteiger partial charge in [0.05, 0.1) is 18.2 Å². The molecule has 0 radical (unpaired) electrons. The van der Waals surface area contributed by atoms with Crippen molar-refractivity contribution in [3.8, 4) is 5.75 Å². The summed E-state index contributed by atoms with van der Waals surface area (Å²) in [6.07, 6.45) is 0.463. The zero-order valence-electron chi connectivity index (χ0n) is 7.41. The first-order valence-corrected chi connectivity index (χ1v) is 3.72. The van der Waals surface area contributed by atoms with Crippen LogP contribution >= 0.6 is 0 Å². The molecule has 1 amide bonds. The van der Waals surface area contributed by atoms with Crippen molar-refractivity contribution in [3.63, 3.8) is 0 Å². The predicted octanol–water partition coefficient (Wildman–Crippen LogP) is 0.746. The van der Waals surface area contributed by atoms with Crippen LogP contribution in [0.5, 0.6) is 5.75 Å². The van der Waals surface area contributed by atoms with E-state index in [1.807, 2.05) is 0 Å². The van der Waals surface area contributed by atoms with Crippen LogP contribution in [0.3, 0.4) is 0 Å². The van der Waals surface area contributed by atoms with Crippen LogP contribution in [0.2, 0.25) is 0 Å². The zero-order chi connectivity index (χ0) is 10.7. The molecule has 0 fully saturated rings. The average Bonchev–Trinajstić information content (AvgIpc) is 2.16. The number of carbonyl (C=O) groups is 2. The molecule has 0 bridgehead atoms. The second kappa shape index (κ2) is 3.87. The highest BCUT2D eigenvalue weighted by molar-refractivity contribution is 5.95. The van der Waals surface area contributed by atoms with E-state index in [4.69, 9.17) is 10.5 Å². The van der Waals surface area contributed by atoms with Crippen LogP contribution in [-0.2, 0) is 0 Å². The molecule has 2 N–H and O–H groups in total. The number of carbonyl (C=O) groups excluding carboxylic acids is 2. The van der Waals surface area contributed by atoms with Crippen molar-refractivity contribution in [1.82, 2.24) is 0 Å². The first-order chi connectivity index (χ1) is 6.60. The molecule has 0 heterocycles. The molecule has 0 saturated carbocycles. The Labute approximate surface area is 79.5 Å². The van der Waals surface area contributed by atoms with Crippen molar-refractivity contribution in [2.45, 2.75) is 0 Å². The van der Waals surface area contributed by atoms with Crippen molar-refractivity contribution in [2.75, 3.05) is 7.11 Å². The first-order valence-electron chi connectivity index (χ1n) is 3.72. The standard InChI is InChI=1S/C9H8FNO3/c1-14-8-3-7(10)6(9(11)13)2-5(8)4-12/h2-4H,1H3,(H2,11,13). The summed E-state index contributed by atoms with van der Waals surface area (Å²) in [6, 6.07) is 2.01. The van der Waals surface area contributed by atoms with E-state index in [1.165, 1.54) is 7.11 Å². The number of halogens is 1. The fourth-order valence-corrected chi connectivity index (χ4v) is 1.03. The Morgan fingerprint density at radius 3 is 2.64 bits per heavy atom. The number of benzene rings is 1. The van der Waals surface area contributed by atoms with Gasteiger partial charge in [-0.1, -0.05) is 0 Å². The summed E-state index contributed by atoms with van der Waals surface area (Å²) in [5, 5.41) is 0. The monoisotopic (exact) mass is 197 g/mol. The molecule has 0 unspecified atom stereocenters. The third-order valence-corrected chi connectivity index (χ3v) is 1.71. The highest BCUT2D eigenvalue weighted by atomic mass is 19.1. The van der Waals surface area contributed by atoms with Gasteiger partial charge in [-0.3, -0.25) is 9.59 Å². The molecule has 1 aromatic rings. The van der Waals surface area contributed by atoms with E-state index in [1.54, 1.807) is 0 Å². The number of amides is 1. The lowest BCUT2D eigenvalue weighted by Gasteiger charge is -2.05. The van der Waals surface area contributed by atoms with Gasteiger partial charge in [-0.2, -0.15) is 0 Å². The molecule has 0 spiro atoms. The Morgan fingerprint density at radius 2 is 2.21 bits per heavy atom. The number of methoxy groups -OCH3 is 1. The van der Waals surface area contributed by atoms with Crippen LogP contribution in [0.15, 0.2) is 12.1 Å². The number of nitrogens with two attached hydrogens (primary N) is 1. The van der Waals surface area contributed by atoms with Crippen molar-refractivity contribution >= 4 is 12.2 Å². The number of aldehydes is 1. The Morgan fingerprint density at radius 1 is 1.57 bits per heavy atom. The van der Waals surface area contributed by atoms with Crippen LogP contribution in [-0.4, -0.2) is 19.3 Å². The van der Waals surface area contributed by atoms with Crippen LogP contribution in [0.25, 0.3) is 0 Å². The molecule has 4 nitrogen and oxygen atoms in total. The van der Waals surface area contributed by atoms with Gasteiger partial charge in [0.15, 0.2) is 6.29 Å². The second-order valence-corrected chi connectivity index (χ2v) is 2.56. The number of rotatable bonds is 3. The Hall–Kier alpha value is -1.91. The van der Waals surface area contributed by atoms with E-state index in [2.05, 4.69) is 0 Å². The van der Waals surface area contributed by atoms with E-state index < -0.39 is 11.7 Å². The van der Waals surface area contributed by atoms with E-state index in [9.17, 15) is 14.0 Å². The van der Waals surface area contributed by atoms with Gasteiger partial charge >= 0.3 is 0 Å². The SMILES string of the molecule is COc1cc(F)c(C(N)=O)cc1C=O. The summed E-state index contributed by atoms with van der Waals surface area (Å²) in [7, 11) is 1.30. The topological polar surface area (TPSA) is 69.4 Å². The minimum Gasteiger partial charge on any atom is -0.496 e. The number of ether oxygens (including phenoxy) is 1. The minimum absolute atomic E-state index is 0.0718. The molecule has 0 aliphatic carbocycles. The summed E-state index contributed by atoms with van der Waals surface area (Å²) in [4.78, 5) is 21.2. The maximum Gasteiger partial charge on any atom is 0.251 e. The fourth-order valence-electron chi connectivity index (χ4n) is 1.03. The van der Waals surface area contributed by atoms with E-state index in [-0.39, 0.29) is 16.9 Å². The third-order valence-electron chi connectivity index (χ3n) is 1.71. The second-order valence-electron chi connectivity index (χ2n) is 2.56. The van der Waals surface area contributed by atoms with Crippen molar-refractivity contribution in [2.24, 2.45) is 5.73 Å². The Balaban J connectivity index is 3.37. The molecular weight excluding hydrogens is 189 g/mol. The quantitative estimate of drug-likeness (QED) is 0.726. The van der Waals surface area contributed by atoms with Crippen molar-refractivity contribution in [3.05, 3.63) is 29.1 Å². The summed E-state index contributed by atoms with van der Waals surface area (Å²) in [5.41, 5.74) is 4.65. The predicted molar refractivity (Wildman–Crippen MR) is 46.9 cm³/mol. The zero-order valence-corrected chi connectivity index (χ0v) is 7.41. The van der Waals surface area contributed by atoms with Gasteiger partial charge in [0, 0.05) is 6.07 Å². The van der Waals surface area contributed by atoms with Gasteiger partial charge in [-0.15, -0.1) is 0 Å². The number of hydrogen-bond acceptors (Lipinski definition) is 3. The first kappa shape index (κ1) is 10.2. The molecule has 0 atom stereocenters. The Kier molecular flexibility index (Phi) is 2.81. The third kappa shape index (κ3) is 1.71. The van der Waals surface area contributed by atoms with Crippen LogP contribution < -0.4 is 10.5 Å². The lowest BCUT2D eigenvalue weighted by atomic mass is 10.1. The lowest BCUT2D eigenvalue weighted by molar-refractivity contribution is 0.0996. The van der Waals surface area contributed by atoms with Gasteiger partial charge in [0.1, 0.15) is 11.6 Å². The van der Waals surface area contributed by atoms with Gasteiger partial charge in [-0.05, 0) is 6.07 Å². The maximum absolute atomic E-state index is 13.1. The van der Waals surface area contributed by atoms with Crippen LogP contribution in [0.1, 0.15) is 20.7 Å². The van der Waals surface area contributed by atoms with Gasteiger partial charge in [0.2, 0.25) is 0 Å². The summed E-state index contributed by atoms with van der Waals surface area (Å²) in [6.45, 7) is 0. The molecule has 5 heteroatoms.